The van der Waals surface area contributed by atoms with Gasteiger partial charge in [0, 0.05) is 36.7 Å². The lowest BCUT2D eigenvalue weighted by Gasteiger charge is -2.21. The highest BCUT2D eigenvalue weighted by molar-refractivity contribution is 5.94. The second kappa shape index (κ2) is 10.00. The van der Waals surface area contributed by atoms with Crippen molar-refractivity contribution < 1.29 is 23.5 Å². The van der Waals surface area contributed by atoms with E-state index in [0.717, 1.165) is 5.56 Å². The summed E-state index contributed by atoms with van der Waals surface area (Å²) in [7, 11) is 0. The van der Waals surface area contributed by atoms with Gasteiger partial charge in [0.05, 0.1) is 12.7 Å². The van der Waals surface area contributed by atoms with Crippen LogP contribution < -0.4 is 14.8 Å². The maximum Gasteiger partial charge on any atom is 0.243 e. The lowest BCUT2D eigenvalue weighted by Crippen LogP contribution is -2.38. The number of ether oxygens (including phenoxy) is 2. The molecular weight excluding hydrogens is 410 g/mol. The molecule has 2 heterocycles. The molecule has 0 atom stereocenters. The highest BCUT2D eigenvalue weighted by atomic mass is 16.6. The van der Waals surface area contributed by atoms with Crippen molar-refractivity contribution >= 4 is 17.5 Å². The molecule has 0 saturated heterocycles. The van der Waals surface area contributed by atoms with Gasteiger partial charge in [-0.2, -0.15) is 0 Å². The predicted octanol–water partition coefficient (Wildman–Crippen LogP) is 3.53. The Hall–Kier alpha value is -3.81. The third-order valence-corrected chi connectivity index (χ3v) is 5.06. The quantitative estimate of drug-likeness (QED) is 0.582. The van der Waals surface area contributed by atoms with Crippen molar-refractivity contribution in [2.75, 3.05) is 31.6 Å². The molecule has 1 aliphatic heterocycles. The van der Waals surface area contributed by atoms with E-state index in [1.165, 1.54) is 4.90 Å². The minimum Gasteiger partial charge on any atom is -0.486 e. The summed E-state index contributed by atoms with van der Waals surface area (Å²) in [5.41, 5.74) is 1.53. The molecule has 0 spiro atoms. The lowest BCUT2D eigenvalue weighted by molar-refractivity contribution is -0.134. The number of hydrogen-bond acceptors (Lipinski definition) is 6. The van der Waals surface area contributed by atoms with Crippen LogP contribution in [-0.2, 0) is 16.0 Å². The molecule has 0 bridgehead atoms. The number of nitrogens with zero attached hydrogens (tertiary/aromatic N) is 2. The summed E-state index contributed by atoms with van der Waals surface area (Å²) in [6.07, 6.45) is 2.24. The van der Waals surface area contributed by atoms with Crippen LogP contribution in [0.1, 0.15) is 19.2 Å². The highest BCUT2D eigenvalue weighted by Crippen LogP contribution is 2.32. The van der Waals surface area contributed by atoms with Crippen molar-refractivity contribution in [3.05, 3.63) is 60.6 Å². The Bertz CT molecular complexity index is 1080. The number of aromatic nitrogens is 1. The van der Waals surface area contributed by atoms with Crippen molar-refractivity contribution in [2.45, 2.75) is 19.8 Å². The van der Waals surface area contributed by atoms with Crippen LogP contribution in [0.25, 0.3) is 11.3 Å². The van der Waals surface area contributed by atoms with E-state index in [4.69, 9.17) is 13.9 Å². The molecular formula is C24H25N3O5. The average Bonchev–Trinajstić information content (AvgIpc) is 3.30. The number of carbonyl (C=O) groups is 2. The summed E-state index contributed by atoms with van der Waals surface area (Å²) in [6, 6.07) is 14.9. The monoisotopic (exact) mass is 435 g/mol. The van der Waals surface area contributed by atoms with E-state index in [0.29, 0.717) is 55.0 Å². The van der Waals surface area contributed by atoms with Crippen LogP contribution in [0.15, 0.2) is 59.1 Å². The average molecular weight is 435 g/mol. The van der Waals surface area contributed by atoms with E-state index in [1.54, 1.807) is 24.4 Å². The number of aryl methyl sites for hydroxylation is 1. The molecule has 1 aliphatic rings. The number of benzene rings is 2. The van der Waals surface area contributed by atoms with Gasteiger partial charge in [-0.15, -0.1) is 0 Å². The fraction of sp³-hybridized carbons (Fsp3) is 0.292. The first-order valence-electron chi connectivity index (χ1n) is 10.6. The number of likely N-dealkylation sites (N-methyl/N-ethyl adjacent to an activating group) is 1. The Labute approximate surface area is 186 Å². The van der Waals surface area contributed by atoms with Crippen LogP contribution in [-0.4, -0.2) is 48.0 Å². The minimum atomic E-state index is -0.278. The molecule has 4 rings (SSSR count). The zero-order valence-corrected chi connectivity index (χ0v) is 17.9. The molecule has 2 amide bonds. The molecule has 3 aromatic rings. The van der Waals surface area contributed by atoms with Crippen LogP contribution in [0.4, 0.5) is 5.69 Å². The fourth-order valence-electron chi connectivity index (χ4n) is 3.41. The van der Waals surface area contributed by atoms with Crippen molar-refractivity contribution in [1.29, 1.82) is 0 Å². The van der Waals surface area contributed by atoms with Crippen LogP contribution in [0.5, 0.6) is 11.5 Å². The molecule has 8 nitrogen and oxygen atoms in total. The van der Waals surface area contributed by atoms with Crippen LogP contribution in [0.3, 0.4) is 0 Å². The van der Waals surface area contributed by atoms with Crippen molar-refractivity contribution in [3.63, 3.8) is 0 Å². The number of oxazole rings is 1. The molecule has 8 heteroatoms. The zero-order chi connectivity index (χ0) is 22.3. The van der Waals surface area contributed by atoms with E-state index < -0.39 is 0 Å². The van der Waals surface area contributed by atoms with E-state index in [9.17, 15) is 9.59 Å². The first kappa shape index (κ1) is 21.4. The third-order valence-electron chi connectivity index (χ3n) is 5.06. The molecule has 32 heavy (non-hydrogen) atoms. The van der Waals surface area contributed by atoms with Gasteiger partial charge < -0.3 is 24.1 Å². The highest BCUT2D eigenvalue weighted by Gasteiger charge is 2.18. The van der Waals surface area contributed by atoms with Gasteiger partial charge in [-0.05, 0) is 19.1 Å². The predicted molar refractivity (Wildman–Crippen MR) is 119 cm³/mol. The summed E-state index contributed by atoms with van der Waals surface area (Å²) < 4.78 is 16.8. The Morgan fingerprint density at radius 3 is 2.62 bits per heavy atom. The zero-order valence-electron chi connectivity index (χ0n) is 17.9. The topological polar surface area (TPSA) is 93.9 Å². The lowest BCUT2D eigenvalue weighted by atomic mass is 10.2. The second-order valence-electron chi connectivity index (χ2n) is 7.30. The number of rotatable bonds is 8. The first-order chi connectivity index (χ1) is 15.6. The van der Waals surface area contributed by atoms with Crippen molar-refractivity contribution in [3.8, 4) is 22.8 Å². The van der Waals surface area contributed by atoms with Gasteiger partial charge >= 0.3 is 0 Å². The first-order valence-corrected chi connectivity index (χ1v) is 10.6. The SMILES string of the molecule is CCN(CC(=O)Nc1ccc2c(c1)OCCO2)C(=O)CCc1ncc(-c2ccccc2)o1. The van der Waals surface area contributed by atoms with Gasteiger partial charge in [-0.3, -0.25) is 9.59 Å². The minimum absolute atomic E-state index is 0.0371. The molecule has 0 saturated carbocycles. The smallest absolute Gasteiger partial charge is 0.243 e. The summed E-state index contributed by atoms with van der Waals surface area (Å²) >= 11 is 0. The summed E-state index contributed by atoms with van der Waals surface area (Å²) in [6.45, 7) is 3.21. The molecule has 0 radical (unpaired) electrons. The third kappa shape index (κ3) is 5.26. The van der Waals surface area contributed by atoms with E-state index in [2.05, 4.69) is 10.3 Å². The Morgan fingerprint density at radius 2 is 1.84 bits per heavy atom. The Balaban J connectivity index is 1.29. The number of hydrogen-bond donors (Lipinski definition) is 1. The van der Waals surface area contributed by atoms with Gasteiger partial charge in [-0.1, -0.05) is 30.3 Å². The van der Waals surface area contributed by atoms with Crippen molar-refractivity contribution in [2.24, 2.45) is 0 Å². The molecule has 1 aromatic heterocycles. The Morgan fingerprint density at radius 1 is 1.06 bits per heavy atom. The largest absolute Gasteiger partial charge is 0.486 e. The number of carbonyl (C=O) groups excluding carboxylic acids is 2. The van der Waals surface area contributed by atoms with Gasteiger partial charge in [0.2, 0.25) is 11.8 Å². The maximum absolute atomic E-state index is 12.6. The summed E-state index contributed by atoms with van der Waals surface area (Å²) in [5, 5.41) is 2.81. The van der Waals surface area contributed by atoms with Gasteiger partial charge in [-0.25, -0.2) is 4.98 Å². The van der Waals surface area contributed by atoms with E-state index >= 15 is 0 Å². The molecule has 1 N–H and O–H groups in total. The molecule has 166 valence electrons. The van der Waals surface area contributed by atoms with E-state index in [-0.39, 0.29) is 24.8 Å². The summed E-state index contributed by atoms with van der Waals surface area (Å²) in [4.78, 5) is 30.9. The maximum atomic E-state index is 12.6. The van der Waals surface area contributed by atoms with Crippen molar-refractivity contribution in [1.82, 2.24) is 9.88 Å². The van der Waals surface area contributed by atoms with Crippen LogP contribution in [0, 0.1) is 0 Å². The molecule has 0 unspecified atom stereocenters. The molecule has 0 aliphatic carbocycles. The summed E-state index contributed by atoms with van der Waals surface area (Å²) in [5.74, 6) is 2.00. The number of amides is 2. The van der Waals surface area contributed by atoms with Gasteiger partial charge in [0.25, 0.3) is 0 Å². The fourth-order valence-corrected chi connectivity index (χ4v) is 3.41. The van der Waals surface area contributed by atoms with Gasteiger partial charge in [0.1, 0.15) is 13.2 Å². The molecule has 0 fully saturated rings. The molecule has 2 aromatic carbocycles. The van der Waals surface area contributed by atoms with Gasteiger partial charge in [0.15, 0.2) is 23.1 Å². The van der Waals surface area contributed by atoms with Crippen LogP contribution in [0.2, 0.25) is 0 Å². The second-order valence-corrected chi connectivity index (χ2v) is 7.30. The van der Waals surface area contributed by atoms with Crippen LogP contribution >= 0.6 is 0 Å². The number of fused-ring (bicyclic) bond motifs is 1. The number of nitrogens with one attached hydrogen (secondary N) is 1. The van der Waals surface area contributed by atoms with E-state index in [1.807, 2.05) is 37.3 Å². The standard InChI is InChI=1S/C24H25N3O5/c1-2-27(16-22(28)26-18-8-9-19-20(14-18)31-13-12-30-19)24(29)11-10-23-25-15-21(32-23)17-6-4-3-5-7-17/h3-9,14-15H,2,10-13,16H2,1H3,(H,26,28). The number of anilines is 1. The Kier molecular flexibility index (Phi) is 6.69. The normalized spacial score (nSPS) is 12.3.